The van der Waals surface area contributed by atoms with E-state index in [0.717, 1.165) is 11.8 Å². The maximum absolute atomic E-state index is 9.55. The molecule has 1 aromatic carbocycles. The second kappa shape index (κ2) is 8.64. The summed E-state index contributed by atoms with van der Waals surface area (Å²) in [5.74, 6) is -0.602. The molecule has 2 aliphatic rings. The van der Waals surface area contributed by atoms with Gasteiger partial charge in [0.1, 0.15) is 0 Å². The molecule has 5 heteroatoms. The number of aliphatic carboxylic acids is 2. The smallest absolute Gasteiger partial charge is 0.328 e. The lowest BCUT2D eigenvalue weighted by Gasteiger charge is -2.32. The van der Waals surface area contributed by atoms with E-state index in [2.05, 4.69) is 36.2 Å². The van der Waals surface area contributed by atoms with E-state index in [4.69, 9.17) is 10.2 Å². The Kier molecular flexibility index (Phi) is 6.55. The van der Waals surface area contributed by atoms with Crippen LogP contribution in [0.1, 0.15) is 24.0 Å². The van der Waals surface area contributed by atoms with Crippen molar-refractivity contribution < 1.29 is 19.8 Å². The SMILES string of the molecule is CN1CCC(C2Cc3ccccc3C2)CC1.O=C(O)/C=C/C(=O)O. The zero-order valence-electron chi connectivity index (χ0n) is 14.0. The number of carboxylic acid groups (broad SMARTS) is 2. The number of fused-ring (bicyclic) bond motifs is 1. The van der Waals surface area contributed by atoms with Crippen LogP contribution in [0, 0.1) is 11.8 Å². The van der Waals surface area contributed by atoms with Crippen LogP contribution in [0.2, 0.25) is 0 Å². The van der Waals surface area contributed by atoms with Gasteiger partial charge in [0.2, 0.25) is 0 Å². The van der Waals surface area contributed by atoms with Crippen molar-refractivity contribution in [1.29, 1.82) is 0 Å². The minimum Gasteiger partial charge on any atom is -0.478 e. The van der Waals surface area contributed by atoms with Gasteiger partial charge in [0.25, 0.3) is 0 Å². The summed E-state index contributed by atoms with van der Waals surface area (Å²) < 4.78 is 0. The van der Waals surface area contributed by atoms with Gasteiger partial charge in [0.15, 0.2) is 0 Å². The fraction of sp³-hybridized carbons (Fsp3) is 0.474. The molecule has 3 rings (SSSR count). The van der Waals surface area contributed by atoms with Crippen LogP contribution in [0.15, 0.2) is 36.4 Å². The van der Waals surface area contributed by atoms with Crippen molar-refractivity contribution in [2.75, 3.05) is 20.1 Å². The zero-order valence-corrected chi connectivity index (χ0v) is 14.0. The first-order valence-corrected chi connectivity index (χ1v) is 8.35. The minimum absolute atomic E-state index is 0.558. The van der Waals surface area contributed by atoms with Gasteiger partial charge in [0, 0.05) is 12.2 Å². The summed E-state index contributed by atoms with van der Waals surface area (Å²) in [7, 11) is 2.25. The highest BCUT2D eigenvalue weighted by Gasteiger charge is 2.30. The van der Waals surface area contributed by atoms with Crippen LogP contribution in [0.5, 0.6) is 0 Å². The van der Waals surface area contributed by atoms with Crippen LogP contribution < -0.4 is 0 Å². The molecule has 0 radical (unpaired) electrons. The summed E-state index contributed by atoms with van der Waals surface area (Å²) in [5, 5.41) is 15.6. The van der Waals surface area contributed by atoms with Gasteiger partial charge in [0.05, 0.1) is 0 Å². The number of piperidine rings is 1. The largest absolute Gasteiger partial charge is 0.478 e. The Morgan fingerprint density at radius 3 is 1.83 bits per heavy atom. The lowest BCUT2D eigenvalue weighted by Crippen LogP contribution is -2.33. The number of carbonyl (C=O) groups is 2. The van der Waals surface area contributed by atoms with Crippen molar-refractivity contribution in [2.45, 2.75) is 25.7 Å². The normalized spacial score (nSPS) is 18.9. The molecular weight excluding hydrogens is 306 g/mol. The summed E-state index contributed by atoms with van der Waals surface area (Å²) in [6.45, 7) is 2.61. The van der Waals surface area contributed by atoms with Crippen molar-refractivity contribution in [1.82, 2.24) is 4.90 Å². The monoisotopic (exact) mass is 331 g/mol. The molecule has 0 unspecified atom stereocenters. The molecule has 0 aromatic heterocycles. The number of likely N-dealkylation sites (tertiary alicyclic amines) is 1. The van der Waals surface area contributed by atoms with E-state index in [-0.39, 0.29) is 0 Å². The molecule has 1 heterocycles. The Bertz CT molecular complexity index is 562. The predicted molar refractivity (Wildman–Crippen MR) is 92.0 cm³/mol. The van der Waals surface area contributed by atoms with E-state index in [9.17, 15) is 9.59 Å². The average molecular weight is 331 g/mol. The number of nitrogens with zero attached hydrogens (tertiary/aromatic N) is 1. The number of benzene rings is 1. The molecule has 0 saturated carbocycles. The molecule has 0 amide bonds. The third-order valence-corrected chi connectivity index (χ3v) is 4.88. The van der Waals surface area contributed by atoms with Gasteiger partial charge in [-0.15, -0.1) is 0 Å². The molecule has 24 heavy (non-hydrogen) atoms. The van der Waals surface area contributed by atoms with Crippen LogP contribution in [-0.4, -0.2) is 47.2 Å². The number of carboxylic acids is 2. The average Bonchev–Trinajstić information content (AvgIpc) is 2.98. The maximum atomic E-state index is 9.55. The fourth-order valence-electron chi connectivity index (χ4n) is 3.57. The minimum atomic E-state index is -1.26. The van der Waals surface area contributed by atoms with Crippen molar-refractivity contribution in [3.63, 3.8) is 0 Å². The van der Waals surface area contributed by atoms with E-state index in [0.29, 0.717) is 12.2 Å². The van der Waals surface area contributed by atoms with Crippen LogP contribution >= 0.6 is 0 Å². The van der Waals surface area contributed by atoms with Gasteiger partial charge in [-0.05, 0) is 68.8 Å². The van der Waals surface area contributed by atoms with Gasteiger partial charge in [-0.3, -0.25) is 0 Å². The van der Waals surface area contributed by atoms with Crippen LogP contribution in [-0.2, 0) is 22.4 Å². The first kappa shape index (κ1) is 18.2. The number of hydrogen-bond acceptors (Lipinski definition) is 3. The topological polar surface area (TPSA) is 77.8 Å². The van der Waals surface area contributed by atoms with Gasteiger partial charge in [-0.1, -0.05) is 24.3 Å². The molecule has 0 atom stereocenters. The molecule has 2 N–H and O–H groups in total. The highest BCUT2D eigenvalue weighted by Crippen LogP contribution is 2.35. The third-order valence-electron chi connectivity index (χ3n) is 4.88. The summed E-state index contributed by atoms with van der Waals surface area (Å²) in [6, 6.07) is 9.03. The van der Waals surface area contributed by atoms with Crippen molar-refractivity contribution in [3.8, 4) is 0 Å². The lowest BCUT2D eigenvalue weighted by molar-refractivity contribution is -0.134. The maximum Gasteiger partial charge on any atom is 0.328 e. The van der Waals surface area contributed by atoms with E-state index >= 15 is 0 Å². The van der Waals surface area contributed by atoms with E-state index < -0.39 is 11.9 Å². The Hall–Kier alpha value is -2.14. The third kappa shape index (κ3) is 5.49. The first-order valence-electron chi connectivity index (χ1n) is 8.35. The van der Waals surface area contributed by atoms with E-state index in [1.807, 2.05) is 0 Å². The molecule has 0 bridgehead atoms. The summed E-state index contributed by atoms with van der Waals surface area (Å²) in [4.78, 5) is 21.6. The van der Waals surface area contributed by atoms with Gasteiger partial charge in [-0.25, -0.2) is 9.59 Å². The van der Waals surface area contributed by atoms with Gasteiger partial charge in [-0.2, -0.15) is 0 Å². The van der Waals surface area contributed by atoms with E-state index in [1.165, 1.54) is 38.8 Å². The Morgan fingerprint density at radius 2 is 1.42 bits per heavy atom. The Morgan fingerprint density at radius 1 is 0.958 bits per heavy atom. The van der Waals surface area contributed by atoms with Crippen LogP contribution in [0.4, 0.5) is 0 Å². The Labute approximate surface area is 142 Å². The zero-order chi connectivity index (χ0) is 17.5. The second-order valence-corrected chi connectivity index (χ2v) is 6.59. The molecular formula is C19H25NO4. The summed E-state index contributed by atoms with van der Waals surface area (Å²) in [5.41, 5.74) is 3.23. The molecule has 130 valence electrons. The fourth-order valence-corrected chi connectivity index (χ4v) is 3.57. The second-order valence-electron chi connectivity index (χ2n) is 6.59. The molecule has 1 saturated heterocycles. The highest BCUT2D eigenvalue weighted by molar-refractivity contribution is 5.89. The van der Waals surface area contributed by atoms with Gasteiger partial charge >= 0.3 is 11.9 Å². The molecule has 5 nitrogen and oxygen atoms in total. The van der Waals surface area contributed by atoms with E-state index in [1.54, 1.807) is 11.1 Å². The quantitative estimate of drug-likeness (QED) is 0.832. The summed E-state index contributed by atoms with van der Waals surface area (Å²) >= 11 is 0. The Balaban J connectivity index is 0.000000224. The molecule has 1 fully saturated rings. The number of rotatable bonds is 3. The number of hydrogen-bond donors (Lipinski definition) is 2. The van der Waals surface area contributed by atoms with Crippen LogP contribution in [0.25, 0.3) is 0 Å². The van der Waals surface area contributed by atoms with Crippen LogP contribution in [0.3, 0.4) is 0 Å². The predicted octanol–water partition coefficient (Wildman–Crippen LogP) is 2.46. The standard InChI is InChI=1S/C15H21N.C4H4O4/c1-16-8-6-12(7-9-16)15-10-13-4-2-3-5-14(13)11-15;5-3(6)1-2-4(7)8/h2-5,12,15H,6-11H2,1H3;1-2H,(H,5,6)(H,7,8)/b;2-1+. The van der Waals surface area contributed by atoms with Crippen molar-refractivity contribution in [2.24, 2.45) is 11.8 Å². The molecule has 0 spiro atoms. The molecule has 1 aliphatic heterocycles. The highest BCUT2D eigenvalue weighted by atomic mass is 16.4. The first-order chi connectivity index (χ1) is 11.5. The molecule has 1 aliphatic carbocycles. The van der Waals surface area contributed by atoms with Crippen molar-refractivity contribution >= 4 is 11.9 Å². The van der Waals surface area contributed by atoms with Gasteiger partial charge < -0.3 is 15.1 Å². The summed E-state index contributed by atoms with van der Waals surface area (Å²) in [6.07, 6.45) is 6.62. The molecule has 1 aromatic rings. The van der Waals surface area contributed by atoms with Crippen molar-refractivity contribution in [3.05, 3.63) is 47.5 Å². The lowest BCUT2D eigenvalue weighted by atomic mass is 9.82.